The minimum Gasteiger partial charge on any atom is -0.332 e. The quantitative estimate of drug-likeness (QED) is 0.871. The van der Waals surface area contributed by atoms with Crippen molar-refractivity contribution in [2.45, 2.75) is 58.4 Å². The summed E-state index contributed by atoms with van der Waals surface area (Å²) in [5, 5.41) is 0. The number of nitrogens with two attached hydrogens (primary N) is 1. The van der Waals surface area contributed by atoms with Crippen LogP contribution in [0.1, 0.15) is 57.8 Å². The third-order valence-electron chi connectivity index (χ3n) is 4.49. The second kappa shape index (κ2) is 6.37. The molecule has 1 aliphatic carbocycles. The van der Waals surface area contributed by atoms with Crippen LogP contribution in [0.25, 0.3) is 0 Å². The number of aromatic nitrogens is 2. The van der Waals surface area contributed by atoms with Crippen molar-refractivity contribution in [2.24, 2.45) is 17.6 Å². The molecule has 1 aromatic heterocycles. The van der Waals surface area contributed by atoms with Crippen molar-refractivity contribution < 1.29 is 0 Å². The second-order valence-electron chi connectivity index (χ2n) is 5.64. The fourth-order valence-corrected chi connectivity index (χ4v) is 3.50. The molecule has 1 heterocycles. The van der Waals surface area contributed by atoms with Crippen molar-refractivity contribution in [3.05, 3.63) is 18.2 Å². The van der Waals surface area contributed by atoms with Gasteiger partial charge in [0.25, 0.3) is 0 Å². The van der Waals surface area contributed by atoms with Crippen LogP contribution in [0.4, 0.5) is 0 Å². The van der Waals surface area contributed by atoms with Crippen LogP contribution in [-0.2, 0) is 6.42 Å². The van der Waals surface area contributed by atoms with Gasteiger partial charge in [0.05, 0.1) is 0 Å². The van der Waals surface area contributed by atoms with Crippen LogP contribution >= 0.6 is 0 Å². The first-order chi connectivity index (χ1) is 8.80. The van der Waals surface area contributed by atoms with E-state index in [0.717, 1.165) is 18.9 Å². The molecule has 3 heteroatoms. The van der Waals surface area contributed by atoms with E-state index in [9.17, 15) is 0 Å². The number of rotatable bonds is 5. The first-order valence-electron chi connectivity index (χ1n) is 7.51. The van der Waals surface area contributed by atoms with E-state index < -0.39 is 0 Å². The molecule has 1 aliphatic rings. The van der Waals surface area contributed by atoms with Crippen molar-refractivity contribution >= 4 is 0 Å². The van der Waals surface area contributed by atoms with Gasteiger partial charge in [-0.1, -0.05) is 26.7 Å². The van der Waals surface area contributed by atoms with Gasteiger partial charge in [0, 0.05) is 24.9 Å². The highest BCUT2D eigenvalue weighted by Crippen LogP contribution is 2.39. The van der Waals surface area contributed by atoms with Gasteiger partial charge in [0.15, 0.2) is 0 Å². The van der Waals surface area contributed by atoms with Crippen molar-refractivity contribution in [1.29, 1.82) is 0 Å². The van der Waals surface area contributed by atoms with E-state index in [2.05, 4.69) is 29.6 Å². The Hall–Kier alpha value is -0.830. The van der Waals surface area contributed by atoms with Crippen LogP contribution in [0, 0.1) is 11.8 Å². The molecule has 0 spiro atoms. The molecular weight excluding hydrogens is 222 g/mol. The highest BCUT2D eigenvalue weighted by molar-refractivity contribution is 4.98. The number of nitrogens with zero attached hydrogens (tertiary/aromatic N) is 2. The summed E-state index contributed by atoms with van der Waals surface area (Å²) in [6.07, 6.45) is 11.7. The molecule has 0 saturated heterocycles. The maximum absolute atomic E-state index is 5.98. The molecule has 2 rings (SSSR count). The Morgan fingerprint density at radius 2 is 2.22 bits per heavy atom. The summed E-state index contributed by atoms with van der Waals surface area (Å²) in [7, 11) is 0. The van der Waals surface area contributed by atoms with Crippen LogP contribution in [0.3, 0.4) is 0 Å². The summed E-state index contributed by atoms with van der Waals surface area (Å²) in [6, 6.07) is 0.581. The molecular formula is C15H27N3. The van der Waals surface area contributed by atoms with Gasteiger partial charge in [-0.15, -0.1) is 0 Å². The molecule has 3 nitrogen and oxygen atoms in total. The highest BCUT2D eigenvalue weighted by atomic mass is 15.1. The molecule has 102 valence electrons. The first kappa shape index (κ1) is 13.6. The van der Waals surface area contributed by atoms with Crippen LogP contribution in [0.15, 0.2) is 12.4 Å². The van der Waals surface area contributed by atoms with Gasteiger partial charge >= 0.3 is 0 Å². The average Bonchev–Trinajstić information content (AvgIpc) is 2.87. The molecule has 3 unspecified atom stereocenters. The van der Waals surface area contributed by atoms with Crippen LogP contribution in [-0.4, -0.2) is 16.1 Å². The SMILES string of the molecule is CCCC1CCC(CN)C(n2ccnc2CC)C1. The Kier molecular flexibility index (Phi) is 4.81. The lowest BCUT2D eigenvalue weighted by atomic mass is 9.76. The summed E-state index contributed by atoms with van der Waals surface area (Å²) in [6.45, 7) is 5.28. The molecule has 0 aliphatic heterocycles. The number of hydrogen-bond donors (Lipinski definition) is 1. The second-order valence-corrected chi connectivity index (χ2v) is 5.64. The Morgan fingerprint density at radius 3 is 2.89 bits per heavy atom. The van der Waals surface area contributed by atoms with Crippen LogP contribution in [0.2, 0.25) is 0 Å². The number of aryl methyl sites for hydroxylation is 1. The maximum Gasteiger partial charge on any atom is 0.108 e. The molecule has 1 aromatic rings. The van der Waals surface area contributed by atoms with Gasteiger partial charge < -0.3 is 10.3 Å². The highest BCUT2D eigenvalue weighted by Gasteiger charge is 2.31. The minimum absolute atomic E-state index is 0.581. The molecule has 1 saturated carbocycles. The lowest BCUT2D eigenvalue weighted by Crippen LogP contribution is -2.33. The molecule has 0 amide bonds. The lowest BCUT2D eigenvalue weighted by Gasteiger charge is -2.37. The fraction of sp³-hybridized carbons (Fsp3) is 0.800. The van der Waals surface area contributed by atoms with Crippen molar-refractivity contribution in [2.75, 3.05) is 6.54 Å². The predicted octanol–water partition coefficient (Wildman–Crippen LogP) is 3.16. The monoisotopic (exact) mass is 249 g/mol. The van der Waals surface area contributed by atoms with Crippen LogP contribution < -0.4 is 5.73 Å². The van der Waals surface area contributed by atoms with E-state index in [1.807, 2.05) is 6.20 Å². The van der Waals surface area contributed by atoms with Gasteiger partial charge in [-0.3, -0.25) is 0 Å². The van der Waals surface area contributed by atoms with Crippen molar-refractivity contribution in [1.82, 2.24) is 9.55 Å². The van der Waals surface area contributed by atoms with E-state index in [1.54, 1.807) is 0 Å². The van der Waals surface area contributed by atoms with Gasteiger partial charge in [-0.25, -0.2) is 4.98 Å². The smallest absolute Gasteiger partial charge is 0.108 e. The predicted molar refractivity (Wildman–Crippen MR) is 75.4 cm³/mol. The Morgan fingerprint density at radius 1 is 1.39 bits per heavy atom. The number of imidazole rings is 1. The van der Waals surface area contributed by atoms with Crippen molar-refractivity contribution in [3.8, 4) is 0 Å². The van der Waals surface area contributed by atoms with E-state index in [-0.39, 0.29) is 0 Å². The molecule has 0 radical (unpaired) electrons. The maximum atomic E-state index is 5.98. The molecule has 0 aromatic carbocycles. The lowest BCUT2D eigenvalue weighted by molar-refractivity contribution is 0.177. The van der Waals surface area contributed by atoms with E-state index >= 15 is 0 Å². The third-order valence-corrected chi connectivity index (χ3v) is 4.49. The van der Waals surface area contributed by atoms with Gasteiger partial charge in [0.2, 0.25) is 0 Å². The first-order valence-corrected chi connectivity index (χ1v) is 7.51. The zero-order valence-corrected chi connectivity index (χ0v) is 11.8. The summed E-state index contributed by atoms with van der Waals surface area (Å²) >= 11 is 0. The van der Waals surface area contributed by atoms with Gasteiger partial charge in [-0.2, -0.15) is 0 Å². The normalized spacial score (nSPS) is 28.5. The van der Waals surface area contributed by atoms with Gasteiger partial charge in [0.1, 0.15) is 5.82 Å². The molecule has 3 atom stereocenters. The molecule has 2 N–H and O–H groups in total. The largest absolute Gasteiger partial charge is 0.332 e. The summed E-state index contributed by atoms with van der Waals surface area (Å²) < 4.78 is 2.40. The van der Waals surface area contributed by atoms with E-state index in [1.165, 1.54) is 37.9 Å². The molecule has 0 bridgehead atoms. The Balaban J connectivity index is 2.15. The topological polar surface area (TPSA) is 43.8 Å². The molecule has 18 heavy (non-hydrogen) atoms. The summed E-state index contributed by atoms with van der Waals surface area (Å²) in [4.78, 5) is 4.47. The Labute approximate surface area is 111 Å². The van der Waals surface area contributed by atoms with Crippen molar-refractivity contribution in [3.63, 3.8) is 0 Å². The van der Waals surface area contributed by atoms with E-state index in [0.29, 0.717) is 12.0 Å². The zero-order valence-electron chi connectivity index (χ0n) is 11.8. The summed E-state index contributed by atoms with van der Waals surface area (Å²) in [5.74, 6) is 2.74. The Bertz CT molecular complexity index is 358. The standard InChI is InChI=1S/C15H27N3/c1-3-5-12-6-7-13(11-16)14(10-12)18-9-8-17-15(18)4-2/h8-9,12-14H,3-7,10-11,16H2,1-2H3. The fourth-order valence-electron chi connectivity index (χ4n) is 3.50. The van der Waals surface area contributed by atoms with E-state index in [4.69, 9.17) is 5.73 Å². The number of hydrogen-bond acceptors (Lipinski definition) is 2. The minimum atomic E-state index is 0.581. The van der Waals surface area contributed by atoms with Gasteiger partial charge in [-0.05, 0) is 37.6 Å². The average molecular weight is 249 g/mol. The van der Waals surface area contributed by atoms with Crippen LogP contribution in [0.5, 0.6) is 0 Å². The molecule has 1 fully saturated rings. The zero-order chi connectivity index (χ0) is 13.0. The summed E-state index contributed by atoms with van der Waals surface area (Å²) in [5.41, 5.74) is 5.98. The third kappa shape index (κ3) is 2.77.